The van der Waals surface area contributed by atoms with E-state index >= 15 is 0 Å². The van der Waals surface area contributed by atoms with Crippen molar-refractivity contribution in [3.63, 3.8) is 0 Å². The van der Waals surface area contributed by atoms with E-state index in [9.17, 15) is 5.11 Å². The molecule has 0 aromatic heterocycles. The van der Waals surface area contributed by atoms with E-state index in [4.69, 9.17) is 16.3 Å². The zero-order chi connectivity index (χ0) is 13.8. The van der Waals surface area contributed by atoms with Gasteiger partial charge in [-0.25, -0.2) is 0 Å². The van der Waals surface area contributed by atoms with Gasteiger partial charge in [0.15, 0.2) is 0 Å². The van der Waals surface area contributed by atoms with Gasteiger partial charge in [0.05, 0.1) is 13.2 Å². The highest BCUT2D eigenvalue weighted by Crippen LogP contribution is 2.31. The lowest BCUT2D eigenvalue weighted by Crippen LogP contribution is -2.45. The lowest BCUT2D eigenvalue weighted by Gasteiger charge is -2.29. The van der Waals surface area contributed by atoms with Crippen LogP contribution in [0, 0.1) is 6.92 Å². The smallest absolute Gasteiger partial charge is 0.125 e. The van der Waals surface area contributed by atoms with Gasteiger partial charge in [0.2, 0.25) is 0 Å². The molecule has 0 bridgehead atoms. The number of benzene rings is 1. The molecule has 5 heteroatoms. The zero-order valence-corrected chi connectivity index (χ0v) is 12.2. The van der Waals surface area contributed by atoms with Gasteiger partial charge in [0, 0.05) is 43.3 Å². The molecule has 1 atom stereocenters. The van der Waals surface area contributed by atoms with Crippen molar-refractivity contribution in [3.05, 3.63) is 28.3 Å². The molecule has 1 heterocycles. The van der Waals surface area contributed by atoms with E-state index in [2.05, 4.69) is 10.2 Å². The van der Waals surface area contributed by atoms with E-state index in [0.29, 0.717) is 17.3 Å². The number of halogens is 1. The van der Waals surface area contributed by atoms with Crippen LogP contribution in [0.25, 0.3) is 0 Å². The van der Waals surface area contributed by atoms with Crippen LogP contribution in [0.3, 0.4) is 0 Å². The van der Waals surface area contributed by atoms with Gasteiger partial charge in [-0.2, -0.15) is 0 Å². The van der Waals surface area contributed by atoms with Crippen molar-refractivity contribution in [2.75, 3.05) is 39.8 Å². The SMILES string of the molecule is COc1cc(C)c(Cl)cc1C(O)CN1CCNCC1. The maximum absolute atomic E-state index is 10.4. The summed E-state index contributed by atoms with van der Waals surface area (Å²) >= 11 is 6.14. The van der Waals surface area contributed by atoms with Crippen LogP contribution in [-0.4, -0.2) is 49.8 Å². The number of ether oxygens (including phenoxy) is 1. The molecule has 1 aromatic carbocycles. The Morgan fingerprint density at radius 2 is 2.11 bits per heavy atom. The fourth-order valence-corrected chi connectivity index (χ4v) is 2.52. The highest BCUT2D eigenvalue weighted by Gasteiger charge is 2.19. The lowest BCUT2D eigenvalue weighted by atomic mass is 10.0. The van der Waals surface area contributed by atoms with Gasteiger partial charge < -0.3 is 15.2 Å². The van der Waals surface area contributed by atoms with E-state index in [0.717, 1.165) is 37.3 Å². The monoisotopic (exact) mass is 284 g/mol. The second kappa shape index (κ2) is 6.57. The number of hydrogen-bond donors (Lipinski definition) is 2. The summed E-state index contributed by atoms with van der Waals surface area (Å²) in [6.07, 6.45) is -0.578. The number of rotatable bonds is 4. The van der Waals surface area contributed by atoms with Crippen LogP contribution >= 0.6 is 11.6 Å². The lowest BCUT2D eigenvalue weighted by molar-refractivity contribution is 0.103. The van der Waals surface area contributed by atoms with Gasteiger partial charge in [0.25, 0.3) is 0 Å². The summed E-state index contributed by atoms with van der Waals surface area (Å²) in [4.78, 5) is 2.24. The van der Waals surface area contributed by atoms with Crippen molar-refractivity contribution in [2.45, 2.75) is 13.0 Å². The summed E-state index contributed by atoms with van der Waals surface area (Å²) in [5.74, 6) is 0.699. The third kappa shape index (κ3) is 3.60. The van der Waals surface area contributed by atoms with E-state index in [1.54, 1.807) is 7.11 Å². The molecule has 0 saturated carbocycles. The molecular weight excluding hydrogens is 264 g/mol. The molecule has 1 saturated heterocycles. The molecule has 1 unspecified atom stereocenters. The van der Waals surface area contributed by atoms with Crippen molar-refractivity contribution in [3.8, 4) is 5.75 Å². The number of aliphatic hydroxyl groups excluding tert-OH is 1. The number of nitrogens with zero attached hydrogens (tertiary/aromatic N) is 1. The quantitative estimate of drug-likeness (QED) is 0.881. The Kier molecular flexibility index (Phi) is 5.05. The van der Waals surface area contributed by atoms with Crippen LogP contribution < -0.4 is 10.1 Å². The van der Waals surface area contributed by atoms with Gasteiger partial charge in [-0.05, 0) is 24.6 Å². The molecule has 4 nitrogen and oxygen atoms in total. The van der Waals surface area contributed by atoms with Crippen LogP contribution in [0.4, 0.5) is 0 Å². The third-order valence-corrected chi connectivity index (χ3v) is 3.92. The molecule has 1 aliphatic rings. The molecule has 1 aliphatic heterocycles. The molecule has 1 fully saturated rings. The van der Waals surface area contributed by atoms with E-state index in [-0.39, 0.29) is 0 Å². The molecule has 2 N–H and O–H groups in total. The molecule has 0 radical (unpaired) electrons. The Balaban J connectivity index is 2.13. The fraction of sp³-hybridized carbons (Fsp3) is 0.571. The highest BCUT2D eigenvalue weighted by molar-refractivity contribution is 6.31. The number of aliphatic hydroxyl groups is 1. The van der Waals surface area contributed by atoms with Crippen LogP contribution in [0.2, 0.25) is 5.02 Å². The summed E-state index contributed by atoms with van der Waals surface area (Å²) in [6, 6.07) is 3.68. The molecular formula is C14H21ClN2O2. The summed E-state index contributed by atoms with van der Waals surface area (Å²) < 4.78 is 5.34. The Hall–Kier alpha value is -0.810. The summed E-state index contributed by atoms with van der Waals surface area (Å²) in [6.45, 7) is 6.39. The topological polar surface area (TPSA) is 44.7 Å². The first-order valence-electron chi connectivity index (χ1n) is 6.57. The first-order valence-corrected chi connectivity index (χ1v) is 6.94. The summed E-state index contributed by atoms with van der Waals surface area (Å²) in [5.41, 5.74) is 1.72. The van der Waals surface area contributed by atoms with Crippen LogP contribution in [-0.2, 0) is 0 Å². The van der Waals surface area contributed by atoms with E-state index in [1.165, 1.54) is 0 Å². The van der Waals surface area contributed by atoms with E-state index in [1.807, 2.05) is 19.1 Å². The number of nitrogens with one attached hydrogen (secondary N) is 1. The molecule has 0 amide bonds. The van der Waals surface area contributed by atoms with E-state index < -0.39 is 6.10 Å². The normalized spacial score (nSPS) is 18.3. The van der Waals surface area contributed by atoms with Crippen molar-refractivity contribution < 1.29 is 9.84 Å². The van der Waals surface area contributed by atoms with Crippen molar-refractivity contribution in [2.24, 2.45) is 0 Å². The maximum atomic E-state index is 10.4. The fourth-order valence-electron chi connectivity index (χ4n) is 2.34. The van der Waals surface area contributed by atoms with Crippen LogP contribution in [0.15, 0.2) is 12.1 Å². The van der Waals surface area contributed by atoms with Crippen LogP contribution in [0.1, 0.15) is 17.2 Å². The standard InChI is InChI=1S/C14H21ClN2O2/c1-10-7-14(19-2)11(8-12(10)15)13(18)9-17-5-3-16-4-6-17/h7-8,13,16,18H,3-6,9H2,1-2H3. The Bertz CT molecular complexity index is 434. The van der Waals surface area contributed by atoms with Gasteiger partial charge in [-0.3, -0.25) is 4.90 Å². The molecule has 0 aliphatic carbocycles. The third-order valence-electron chi connectivity index (χ3n) is 3.51. The molecule has 19 heavy (non-hydrogen) atoms. The van der Waals surface area contributed by atoms with Gasteiger partial charge >= 0.3 is 0 Å². The Labute approximate surface area is 119 Å². The average molecular weight is 285 g/mol. The number of methoxy groups -OCH3 is 1. The summed E-state index contributed by atoms with van der Waals surface area (Å²) in [5, 5.41) is 14.4. The van der Waals surface area contributed by atoms with Crippen molar-refractivity contribution in [1.82, 2.24) is 10.2 Å². The average Bonchev–Trinajstić information content (AvgIpc) is 2.42. The minimum atomic E-state index is -0.578. The number of β-amino-alcohol motifs (C(OH)–C–C–N with tert-alkyl or cyclic N) is 1. The van der Waals surface area contributed by atoms with Gasteiger partial charge in [0.1, 0.15) is 5.75 Å². The first kappa shape index (κ1) is 14.6. The predicted octanol–water partition coefficient (Wildman–Crippen LogP) is 1.60. The Morgan fingerprint density at radius 3 is 2.74 bits per heavy atom. The highest BCUT2D eigenvalue weighted by atomic mass is 35.5. The number of hydrogen-bond acceptors (Lipinski definition) is 4. The number of piperazine rings is 1. The first-order chi connectivity index (χ1) is 9.11. The molecule has 106 valence electrons. The van der Waals surface area contributed by atoms with Gasteiger partial charge in [-0.1, -0.05) is 11.6 Å². The predicted molar refractivity (Wildman–Crippen MR) is 77.0 cm³/mol. The minimum absolute atomic E-state index is 0.578. The van der Waals surface area contributed by atoms with Crippen molar-refractivity contribution >= 4 is 11.6 Å². The van der Waals surface area contributed by atoms with Crippen molar-refractivity contribution in [1.29, 1.82) is 0 Å². The summed E-state index contributed by atoms with van der Waals surface area (Å²) in [7, 11) is 1.61. The molecule has 2 rings (SSSR count). The largest absolute Gasteiger partial charge is 0.496 e. The number of aryl methyl sites for hydroxylation is 1. The molecule has 0 spiro atoms. The van der Waals surface area contributed by atoms with Crippen LogP contribution in [0.5, 0.6) is 5.75 Å². The minimum Gasteiger partial charge on any atom is -0.496 e. The molecule has 1 aromatic rings. The second-order valence-corrected chi connectivity index (χ2v) is 5.32. The Morgan fingerprint density at radius 1 is 1.42 bits per heavy atom. The zero-order valence-electron chi connectivity index (χ0n) is 11.4. The maximum Gasteiger partial charge on any atom is 0.125 e. The second-order valence-electron chi connectivity index (χ2n) is 4.91. The van der Waals surface area contributed by atoms with Gasteiger partial charge in [-0.15, -0.1) is 0 Å².